The molecule has 0 saturated carbocycles. The molecule has 2 heterocycles. The molecule has 20 heavy (non-hydrogen) atoms. The lowest BCUT2D eigenvalue weighted by molar-refractivity contribution is -0.116. The fraction of sp³-hybridized carbons (Fsp3) is 0.417. The number of amides is 1. The first-order valence-electron chi connectivity index (χ1n) is 5.97. The molecular formula is C12H16N4O2S2. The first-order chi connectivity index (χ1) is 9.40. The lowest BCUT2D eigenvalue weighted by Crippen LogP contribution is -2.19. The summed E-state index contributed by atoms with van der Waals surface area (Å²) in [4.78, 5) is 13.2. The number of anilines is 1. The highest BCUT2D eigenvalue weighted by Crippen LogP contribution is 2.31. The van der Waals surface area contributed by atoms with Gasteiger partial charge in [-0.15, -0.1) is 21.5 Å². The van der Waals surface area contributed by atoms with Gasteiger partial charge in [0.1, 0.15) is 12.9 Å². The number of rotatable bonds is 4. The van der Waals surface area contributed by atoms with E-state index in [0.717, 1.165) is 10.6 Å². The molecule has 0 saturated heterocycles. The average molecular weight is 312 g/mol. The highest BCUT2D eigenvalue weighted by Gasteiger charge is 2.14. The molecule has 1 atom stereocenters. The predicted octanol–water partition coefficient (Wildman–Crippen LogP) is 1.64. The normalized spacial score (nSPS) is 12.4. The number of thiophene rings is 1. The topological polar surface area (TPSA) is 76.9 Å². The Bertz CT molecular complexity index is 675. The van der Waals surface area contributed by atoms with Gasteiger partial charge in [-0.25, -0.2) is 0 Å². The minimum atomic E-state index is -1.26. The number of hydrogen-bond donors (Lipinski definition) is 1. The second-order valence-corrected chi connectivity index (χ2v) is 6.98. The summed E-state index contributed by atoms with van der Waals surface area (Å²) in [6, 6.07) is 0. The van der Waals surface area contributed by atoms with Gasteiger partial charge in [0.05, 0.1) is 15.8 Å². The maximum atomic E-state index is 12.0. The largest absolute Gasteiger partial charge is 0.316 e. The number of carbonyl (C=O) groups excluding carboxylic acids is 1. The molecule has 108 valence electrons. The Hall–Kier alpha value is -1.54. The standard InChI is InChI=1S/C12H16N4O2S2/c1-7-8(2)11(19-9(7)3)14-10(17)5-16-6-13-15-12(16)20(4)18/h6H,5H2,1-4H3,(H,14,17). The van der Waals surface area contributed by atoms with Gasteiger partial charge in [-0.2, -0.15) is 0 Å². The molecule has 0 bridgehead atoms. The Morgan fingerprint density at radius 3 is 2.65 bits per heavy atom. The summed E-state index contributed by atoms with van der Waals surface area (Å²) in [6.45, 7) is 6.10. The molecule has 1 unspecified atom stereocenters. The number of carbonyl (C=O) groups is 1. The number of aryl methyl sites for hydroxylation is 1. The average Bonchev–Trinajstić information content (AvgIpc) is 2.91. The van der Waals surface area contributed by atoms with E-state index in [9.17, 15) is 9.00 Å². The lowest BCUT2D eigenvalue weighted by Gasteiger charge is -2.06. The van der Waals surface area contributed by atoms with E-state index in [2.05, 4.69) is 15.5 Å². The van der Waals surface area contributed by atoms with Crippen LogP contribution in [0, 0.1) is 20.8 Å². The second-order valence-electron chi connectivity index (χ2n) is 4.48. The van der Waals surface area contributed by atoms with Crippen molar-refractivity contribution in [1.82, 2.24) is 14.8 Å². The van der Waals surface area contributed by atoms with Crippen molar-refractivity contribution in [3.63, 3.8) is 0 Å². The Labute approximate surface area is 123 Å². The Morgan fingerprint density at radius 1 is 1.40 bits per heavy atom. The van der Waals surface area contributed by atoms with Crippen LogP contribution in [0.5, 0.6) is 0 Å². The molecule has 2 aromatic rings. The zero-order chi connectivity index (χ0) is 14.9. The van der Waals surface area contributed by atoms with Crippen molar-refractivity contribution in [2.75, 3.05) is 11.6 Å². The highest BCUT2D eigenvalue weighted by molar-refractivity contribution is 7.84. The van der Waals surface area contributed by atoms with Crippen molar-refractivity contribution in [2.24, 2.45) is 0 Å². The third kappa shape index (κ3) is 2.96. The van der Waals surface area contributed by atoms with Crippen LogP contribution in [0.25, 0.3) is 0 Å². The molecule has 0 aliphatic carbocycles. The molecule has 1 amide bonds. The van der Waals surface area contributed by atoms with Crippen LogP contribution in [0.3, 0.4) is 0 Å². The predicted molar refractivity (Wildman–Crippen MR) is 79.5 cm³/mol. The minimum Gasteiger partial charge on any atom is -0.316 e. The van der Waals surface area contributed by atoms with Crippen LogP contribution in [0.15, 0.2) is 11.5 Å². The van der Waals surface area contributed by atoms with Crippen LogP contribution in [0.4, 0.5) is 5.00 Å². The maximum Gasteiger partial charge on any atom is 0.245 e. The van der Waals surface area contributed by atoms with Crippen molar-refractivity contribution in [3.05, 3.63) is 22.3 Å². The van der Waals surface area contributed by atoms with Crippen LogP contribution in [0.1, 0.15) is 16.0 Å². The molecular weight excluding hydrogens is 296 g/mol. The Kier molecular flexibility index (Phi) is 4.34. The molecule has 0 aliphatic rings. The Balaban J connectivity index is 2.11. The molecule has 6 nitrogen and oxygen atoms in total. The first kappa shape index (κ1) is 14.9. The van der Waals surface area contributed by atoms with Crippen molar-refractivity contribution < 1.29 is 9.00 Å². The molecule has 2 aromatic heterocycles. The summed E-state index contributed by atoms with van der Waals surface area (Å²) in [5.41, 5.74) is 2.29. The molecule has 2 rings (SSSR count). The van der Waals surface area contributed by atoms with E-state index < -0.39 is 10.8 Å². The van der Waals surface area contributed by atoms with Crippen molar-refractivity contribution in [2.45, 2.75) is 32.5 Å². The summed E-state index contributed by atoms with van der Waals surface area (Å²) in [6.07, 6.45) is 2.92. The van der Waals surface area contributed by atoms with Gasteiger partial charge in [-0.1, -0.05) is 0 Å². The summed E-state index contributed by atoms with van der Waals surface area (Å²) >= 11 is 1.56. The zero-order valence-electron chi connectivity index (χ0n) is 11.8. The monoisotopic (exact) mass is 312 g/mol. The fourth-order valence-electron chi connectivity index (χ4n) is 1.76. The second kappa shape index (κ2) is 5.84. The highest BCUT2D eigenvalue weighted by atomic mass is 32.2. The summed E-state index contributed by atoms with van der Waals surface area (Å²) in [5.74, 6) is -0.180. The van der Waals surface area contributed by atoms with Crippen LogP contribution in [0.2, 0.25) is 0 Å². The third-order valence-electron chi connectivity index (χ3n) is 3.09. The van der Waals surface area contributed by atoms with Crippen LogP contribution in [-0.2, 0) is 22.1 Å². The number of nitrogens with zero attached hydrogens (tertiary/aromatic N) is 3. The third-order valence-corrected chi connectivity index (χ3v) is 5.15. The van der Waals surface area contributed by atoms with E-state index in [-0.39, 0.29) is 12.5 Å². The minimum absolute atomic E-state index is 0.0529. The van der Waals surface area contributed by atoms with E-state index in [0.29, 0.717) is 5.16 Å². The van der Waals surface area contributed by atoms with Crippen LogP contribution >= 0.6 is 11.3 Å². The lowest BCUT2D eigenvalue weighted by atomic mass is 10.2. The van der Waals surface area contributed by atoms with Crippen molar-refractivity contribution in [1.29, 1.82) is 0 Å². The van der Waals surface area contributed by atoms with E-state index in [1.165, 1.54) is 27.6 Å². The van der Waals surface area contributed by atoms with Gasteiger partial charge >= 0.3 is 0 Å². The number of aromatic nitrogens is 3. The van der Waals surface area contributed by atoms with Gasteiger partial charge in [-0.05, 0) is 31.9 Å². The van der Waals surface area contributed by atoms with E-state index >= 15 is 0 Å². The van der Waals surface area contributed by atoms with E-state index in [4.69, 9.17) is 0 Å². The smallest absolute Gasteiger partial charge is 0.245 e. The van der Waals surface area contributed by atoms with Crippen LogP contribution in [-0.4, -0.2) is 31.1 Å². The van der Waals surface area contributed by atoms with Gasteiger partial charge in [-0.3, -0.25) is 13.6 Å². The van der Waals surface area contributed by atoms with Gasteiger partial charge < -0.3 is 5.32 Å². The number of hydrogen-bond acceptors (Lipinski definition) is 5. The zero-order valence-corrected chi connectivity index (χ0v) is 13.4. The Morgan fingerprint density at radius 2 is 2.10 bits per heavy atom. The fourth-order valence-corrected chi connectivity index (χ4v) is 3.44. The quantitative estimate of drug-likeness (QED) is 0.931. The maximum absolute atomic E-state index is 12.0. The van der Waals surface area contributed by atoms with Gasteiger partial charge in [0, 0.05) is 11.1 Å². The molecule has 0 radical (unpaired) electrons. The molecule has 0 spiro atoms. The molecule has 0 aromatic carbocycles. The molecule has 8 heteroatoms. The van der Waals surface area contributed by atoms with Crippen LogP contribution < -0.4 is 5.32 Å². The SMILES string of the molecule is Cc1sc(NC(=O)Cn2cnnc2S(C)=O)c(C)c1C. The summed E-state index contributed by atoms with van der Waals surface area (Å²) < 4.78 is 12.9. The first-order valence-corrected chi connectivity index (χ1v) is 8.35. The summed E-state index contributed by atoms with van der Waals surface area (Å²) in [7, 11) is -1.26. The number of nitrogens with one attached hydrogen (secondary N) is 1. The van der Waals surface area contributed by atoms with E-state index in [1.807, 2.05) is 20.8 Å². The van der Waals surface area contributed by atoms with Crippen molar-refractivity contribution >= 4 is 33.0 Å². The van der Waals surface area contributed by atoms with Gasteiger partial charge in [0.2, 0.25) is 11.1 Å². The van der Waals surface area contributed by atoms with Gasteiger partial charge in [0.25, 0.3) is 0 Å². The summed E-state index contributed by atoms with van der Waals surface area (Å²) in [5, 5.41) is 11.5. The molecule has 1 N–H and O–H groups in total. The molecule has 0 aliphatic heterocycles. The molecule has 0 fully saturated rings. The van der Waals surface area contributed by atoms with Gasteiger partial charge in [0.15, 0.2) is 0 Å². The van der Waals surface area contributed by atoms with Crippen molar-refractivity contribution in [3.8, 4) is 0 Å². The van der Waals surface area contributed by atoms with E-state index in [1.54, 1.807) is 11.3 Å².